The molecule has 1 heterocycles. The van der Waals surface area contributed by atoms with Gasteiger partial charge in [0, 0.05) is 24.0 Å². The van der Waals surface area contributed by atoms with Crippen molar-refractivity contribution in [1.82, 2.24) is 0 Å². The number of carbonyl (C=O) groups excluding carboxylic acids is 1. The fraction of sp³-hybridized carbons (Fsp3) is 0.364. The van der Waals surface area contributed by atoms with Crippen LogP contribution in [0.15, 0.2) is 54.3 Å². The number of allylic oxidation sites excluding steroid dienone is 4. The van der Waals surface area contributed by atoms with E-state index in [-0.39, 0.29) is 12.2 Å². The monoisotopic (exact) mass is 350 g/mol. The van der Waals surface area contributed by atoms with Gasteiger partial charge in [0.15, 0.2) is 0 Å². The Morgan fingerprint density at radius 2 is 2.04 bits per heavy atom. The molecule has 4 heteroatoms. The second kappa shape index (κ2) is 10.2. The molecule has 0 saturated heterocycles. The number of rotatable bonds is 8. The third-order valence-corrected chi connectivity index (χ3v) is 4.26. The van der Waals surface area contributed by atoms with Crippen LogP contribution in [0, 0.1) is 11.3 Å². The molecule has 0 bridgehead atoms. The van der Waals surface area contributed by atoms with E-state index in [0.717, 1.165) is 29.8 Å². The predicted octanol–water partition coefficient (Wildman–Crippen LogP) is 5.00. The number of para-hydroxylation sites is 1. The summed E-state index contributed by atoms with van der Waals surface area (Å²) >= 11 is 0. The van der Waals surface area contributed by atoms with Crippen LogP contribution in [0.1, 0.15) is 45.1 Å². The van der Waals surface area contributed by atoms with E-state index in [0.29, 0.717) is 0 Å². The molecule has 1 aromatic rings. The maximum absolute atomic E-state index is 11.7. The van der Waals surface area contributed by atoms with Gasteiger partial charge in [-0.25, -0.2) is 4.79 Å². The molecule has 1 aliphatic heterocycles. The summed E-state index contributed by atoms with van der Waals surface area (Å²) in [5.41, 5.74) is 3.23. The van der Waals surface area contributed by atoms with E-state index >= 15 is 0 Å². The first kappa shape index (κ1) is 19.5. The van der Waals surface area contributed by atoms with Crippen molar-refractivity contribution in [3.8, 4) is 6.07 Å². The normalized spacial score (nSPS) is 14.9. The first-order valence-electron chi connectivity index (χ1n) is 9.24. The highest BCUT2D eigenvalue weighted by molar-refractivity contribution is 5.94. The highest BCUT2D eigenvalue weighted by atomic mass is 16.5. The fourth-order valence-corrected chi connectivity index (χ4v) is 2.89. The molecule has 136 valence electrons. The molecule has 0 unspecified atom stereocenters. The van der Waals surface area contributed by atoms with Crippen LogP contribution in [-0.2, 0) is 9.53 Å². The van der Waals surface area contributed by atoms with E-state index in [2.05, 4.69) is 30.2 Å². The molecule has 0 radical (unpaired) electrons. The summed E-state index contributed by atoms with van der Waals surface area (Å²) in [6.07, 6.45) is 12.3. The molecule has 1 aromatic carbocycles. The zero-order valence-corrected chi connectivity index (χ0v) is 15.6. The van der Waals surface area contributed by atoms with E-state index in [1.54, 1.807) is 13.0 Å². The van der Waals surface area contributed by atoms with Crippen LogP contribution in [0.25, 0.3) is 5.57 Å². The number of anilines is 1. The van der Waals surface area contributed by atoms with Gasteiger partial charge in [-0.3, -0.25) is 0 Å². The van der Waals surface area contributed by atoms with E-state index in [9.17, 15) is 4.79 Å². The molecular formula is C22H26N2O2. The van der Waals surface area contributed by atoms with Crippen molar-refractivity contribution >= 4 is 17.2 Å². The quantitative estimate of drug-likeness (QED) is 0.287. The maximum Gasteiger partial charge on any atom is 0.348 e. The Balaban J connectivity index is 2.22. The first-order valence-corrected chi connectivity index (χ1v) is 9.24. The first-order chi connectivity index (χ1) is 12.7. The van der Waals surface area contributed by atoms with Gasteiger partial charge in [-0.15, -0.1) is 0 Å². The standard InChI is InChI=1S/C22H26N2O2/c1-3-5-6-9-15-24-16-14-18(20-10-7-8-11-21(20)24)12-13-19(17-23)22(25)26-4-2/h7-8,10-14,16H,3-6,9,15H2,1-2H3/b18-12?,19-13-. The molecule has 4 nitrogen and oxygen atoms in total. The predicted molar refractivity (Wildman–Crippen MR) is 105 cm³/mol. The topological polar surface area (TPSA) is 53.3 Å². The van der Waals surface area contributed by atoms with Crippen molar-refractivity contribution in [2.75, 3.05) is 18.1 Å². The van der Waals surface area contributed by atoms with Crippen LogP contribution in [0.3, 0.4) is 0 Å². The van der Waals surface area contributed by atoms with Crippen molar-refractivity contribution < 1.29 is 9.53 Å². The summed E-state index contributed by atoms with van der Waals surface area (Å²) in [6.45, 7) is 5.18. The molecule has 1 aliphatic rings. The SMILES string of the molecule is CCCCCCN1C=CC(=C/C=C(/C#N)C(=O)OCC)c2ccccc21. The molecule has 0 aromatic heterocycles. The molecule has 0 fully saturated rings. The van der Waals surface area contributed by atoms with Gasteiger partial charge in [-0.1, -0.05) is 50.5 Å². The number of benzene rings is 1. The smallest absolute Gasteiger partial charge is 0.348 e. The summed E-state index contributed by atoms with van der Waals surface area (Å²) in [5.74, 6) is -0.586. The third-order valence-electron chi connectivity index (χ3n) is 4.26. The number of unbranched alkanes of at least 4 members (excludes halogenated alkanes) is 3. The molecule has 0 N–H and O–H groups in total. The molecule has 0 amide bonds. The number of nitriles is 1. The van der Waals surface area contributed by atoms with Gasteiger partial charge in [0.2, 0.25) is 0 Å². The summed E-state index contributed by atoms with van der Waals surface area (Å²) in [4.78, 5) is 14.0. The van der Waals surface area contributed by atoms with Gasteiger partial charge in [-0.2, -0.15) is 5.26 Å². The average Bonchev–Trinajstić information content (AvgIpc) is 2.67. The zero-order chi connectivity index (χ0) is 18.8. The van der Waals surface area contributed by atoms with Gasteiger partial charge in [0.1, 0.15) is 11.6 Å². The summed E-state index contributed by atoms with van der Waals surface area (Å²) in [5, 5.41) is 9.16. The Morgan fingerprint density at radius 3 is 2.77 bits per heavy atom. The molecular weight excluding hydrogens is 324 g/mol. The second-order valence-corrected chi connectivity index (χ2v) is 6.12. The molecule has 26 heavy (non-hydrogen) atoms. The van der Waals surface area contributed by atoms with Gasteiger partial charge in [-0.05, 0) is 37.1 Å². The lowest BCUT2D eigenvalue weighted by Gasteiger charge is -2.27. The minimum Gasteiger partial charge on any atom is -0.462 e. The number of nitrogens with zero attached hydrogens (tertiary/aromatic N) is 2. The summed E-state index contributed by atoms with van der Waals surface area (Å²) in [6, 6.07) is 10.1. The Morgan fingerprint density at radius 1 is 1.23 bits per heavy atom. The number of carbonyl (C=O) groups is 1. The van der Waals surface area contributed by atoms with Crippen LogP contribution >= 0.6 is 0 Å². The lowest BCUT2D eigenvalue weighted by Crippen LogP contribution is -2.21. The minimum atomic E-state index is -0.586. The Bertz CT molecular complexity index is 754. The Hall–Kier alpha value is -2.80. The highest BCUT2D eigenvalue weighted by Gasteiger charge is 2.15. The van der Waals surface area contributed by atoms with Crippen molar-refractivity contribution in [2.24, 2.45) is 0 Å². The lowest BCUT2D eigenvalue weighted by molar-refractivity contribution is -0.138. The van der Waals surface area contributed by atoms with Crippen molar-refractivity contribution in [2.45, 2.75) is 39.5 Å². The van der Waals surface area contributed by atoms with Crippen LogP contribution in [-0.4, -0.2) is 19.1 Å². The Kier molecular flexibility index (Phi) is 7.70. The molecule has 0 atom stereocenters. The number of fused-ring (bicyclic) bond motifs is 1. The lowest BCUT2D eigenvalue weighted by atomic mass is 9.98. The van der Waals surface area contributed by atoms with E-state index in [1.165, 1.54) is 25.3 Å². The highest BCUT2D eigenvalue weighted by Crippen LogP contribution is 2.33. The van der Waals surface area contributed by atoms with Crippen LogP contribution in [0.5, 0.6) is 0 Å². The fourth-order valence-electron chi connectivity index (χ4n) is 2.89. The zero-order valence-electron chi connectivity index (χ0n) is 15.6. The van der Waals surface area contributed by atoms with Gasteiger partial charge >= 0.3 is 5.97 Å². The number of hydrogen-bond donors (Lipinski definition) is 0. The Labute approximate surface area is 156 Å². The van der Waals surface area contributed by atoms with E-state index in [4.69, 9.17) is 10.00 Å². The van der Waals surface area contributed by atoms with Gasteiger partial charge in [0.25, 0.3) is 0 Å². The maximum atomic E-state index is 11.7. The largest absolute Gasteiger partial charge is 0.462 e. The molecule has 0 aliphatic carbocycles. The minimum absolute atomic E-state index is 0.00669. The molecule has 2 rings (SSSR count). The summed E-state index contributed by atoms with van der Waals surface area (Å²) < 4.78 is 4.90. The van der Waals surface area contributed by atoms with Crippen LogP contribution in [0.4, 0.5) is 5.69 Å². The molecule has 0 saturated carbocycles. The van der Waals surface area contributed by atoms with Crippen molar-refractivity contribution in [3.63, 3.8) is 0 Å². The third kappa shape index (κ3) is 5.10. The summed E-state index contributed by atoms with van der Waals surface area (Å²) in [7, 11) is 0. The number of ether oxygens (including phenoxy) is 1. The van der Waals surface area contributed by atoms with Gasteiger partial charge < -0.3 is 9.64 Å². The van der Waals surface area contributed by atoms with E-state index < -0.39 is 5.97 Å². The van der Waals surface area contributed by atoms with E-state index in [1.807, 2.05) is 24.3 Å². The van der Waals surface area contributed by atoms with Crippen molar-refractivity contribution in [3.05, 3.63) is 59.8 Å². The number of esters is 1. The van der Waals surface area contributed by atoms with Crippen molar-refractivity contribution in [1.29, 1.82) is 5.26 Å². The average molecular weight is 350 g/mol. The van der Waals surface area contributed by atoms with Gasteiger partial charge in [0.05, 0.1) is 6.61 Å². The number of hydrogen-bond acceptors (Lipinski definition) is 4. The molecule has 0 spiro atoms. The van der Waals surface area contributed by atoms with Crippen LogP contribution < -0.4 is 4.90 Å². The second-order valence-electron chi connectivity index (χ2n) is 6.12. The van der Waals surface area contributed by atoms with Crippen LogP contribution in [0.2, 0.25) is 0 Å².